The lowest BCUT2D eigenvalue weighted by atomic mass is 10.2. The molecule has 0 radical (unpaired) electrons. The van der Waals surface area contributed by atoms with Crippen LogP contribution in [-0.2, 0) is 11.2 Å². The monoisotopic (exact) mass is 426 g/mol. The van der Waals surface area contributed by atoms with Crippen LogP contribution in [0.1, 0.15) is 18.1 Å². The molecule has 0 aliphatic carbocycles. The Labute approximate surface area is 146 Å². The maximum atomic E-state index is 11.9. The molecule has 0 aliphatic heterocycles. The summed E-state index contributed by atoms with van der Waals surface area (Å²) in [7, 11) is 0. The van der Waals surface area contributed by atoms with Gasteiger partial charge >= 0.3 is 5.97 Å². The average Bonchev–Trinajstić information content (AvgIpc) is 2.48. The van der Waals surface area contributed by atoms with Gasteiger partial charge < -0.3 is 9.47 Å². The fourth-order valence-corrected chi connectivity index (χ4v) is 2.89. The first-order valence-corrected chi connectivity index (χ1v) is 8.46. The molecule has 0 saturated carbocycles. The van der Waals surface area contributed by atoms with Crippen molar-refractivity contribution in [3.05, 3.63) is 56.5 Å². The Hall–Kier alpha value is -1.33. The van der Waals surface area contributed by atoms with Crippen molar-refractivity contribution in [3.8, 4) is 11.5 Å². The molecule has 0 fully saturated rings. The topological polar surface area (TPSA) is 35.5 Å². The molecule has 0 heterocycles. The summed E-state index contributed by atoms with van der Waals surface area (Å²) in [6.45, 7) is 3.86. The maximum absolute atomic E-state index is 11.9. The summed E-state index contributed by atoms with van der Waals surface area (Å²) < 4.78 is 12.5. The van der Waals surface area contributed by atoms with Gasteiger partial charge in [-0.15, -0.1) is 0 Å². The first kappa shape index (κ1) is 17.0. The summed E-state index contributed by atoms with van der Waals surface area (Å²) in [4.78, 5) is 11.9. The zero-order valence-electron chi connectivity index (χ0n) is 12.4. The highest BCUT2D eigenvalue weighted by Gasteiger charge is 2.10. The molecule has 3 nitrogen and oxygen atoms in total. The normalized spacial score (nSPS) is 10.4. The van der Waals surface area contributed by atoms with E-state index >= 15 is 0 Å². The standard InChI is InChI=1S/C17H16Br2O3/c1-3-12-4-6-16(14(19)9-12)22-17(20)10-21-15-7-5-13(18)8-11(15)2/h4-9H,3,10H2,1-2H3. The predicted molar refractivity (Wildman–Crippen MR) is 93.5 cm³/mol. The van der Waals surface area contributed by atoms with Crippen LogP contribution in [0, 0.1) is 6.92 Å². The van der Waals surface area contributed by atoms with E-state index in [1.54, 1.807) is 6.07 Å². The Bertz CT molecular complexity index is 684. The van der Waals surface area contributed by atoms with Crippen molar-refractivity contribution in [1.29, 1.82) is 0 Å². The zero-order chi connectivity index (χ0) is 16.1. The second kappa shape index (κ2) is 7.79. The van der Waals surface area contributed by atoms with Crippen LogP contribution < -0.4 is 9.47 Å². The second-order valence-corrected chi connectivity index (χ2v) is 6.56. The molecule has 0 saturated heterocycles. The smallest absolute Gasteiger partial charge is 0.349 e. The van der Waals surface area contributed by atoms with Gasteiger partial charge in [0.1, 0.15) is 11.5 Å². The number of carbonyl (C=O) groups excluding carboxylic acids is 1. The molecule has 5 heteroatoms. The zero-order valence-corrected chi connectivity index (χ0v) is 15.5. The number of halogens is 2. The Balaban J connectivity index is 1.95. The summed E-state index contributed by atoms with van der Waals surface area (Å²) in [6, 6.07) is 11.3. The lowest BCUT2D eigenvalue weighted by Crippen LogP contribution is -2.18. The molecule has 2 aromatic rings. The predicted octanol–water partition coefficient (Wildman–Crippen LogP) is 5.07. The molecule has 0 aliphatic rings. The molecule has 0 aromatic heterocycles. The molecule has 22 heavy (non-hydrogen) atoms. The summed E-state index contributed by atoms with van der Waals surface area (Å²) >= 11 is 6.80. The summed E-state index contributed by atoms with van der Waals surface area (Å²) in [5.74, 6) is 0.728. The highest BCUT2D eigenvalue weighted by molar-refractivity contribution is 9.10. The molecule has 0 atom stereocenters. The van der Waals surface area contributed by atoms with Gasteiger partial charge in [0.2, 0.25) is 0 Å². The Morgan fingerprint density at radius 3 is 2.45 bits per heavy atom. The van der Waals surface area contributed by atoms with Crippen molar-refractivity contribution < 1.29 is 14.3 Å². The highest BCUT2D eigenvalue weighted by Crippen LogP contribution is 2.27. The van der Waals surface area contributed by atoms with Gasteiger partial charge in [-0.3, -0.25) is 0 Å². The van der Waals surface area contributed by atoms with E-state index in [2.05, 4.69) is 38.8 Å². The van der Waals surface area contributed by atoms with Gasteiger partial charge in [-0.1, -0.05) is 28.9 Å². The second-order valence-electron chi connectivity index (χ2n) is 4.79. The van der Waals surface area contributed by atoms with E-state index in [4.69, 9.17) is 9.47 Å². The molecule has 0 spiro atoms. The number of hydrogen-bond acceptors (Lipinski definition) is 3. The fourth-order valence-electron chi connectivity index (χ4n) is 1.91. The van der Waals surface area contributed by atoms with Crippen LogP contribution in [0.15, 0.2) is 45.3 Å². The van der Waals surface area contributed by atoms with Crippen molar-refractivity contribution in [2.75, 3.05) is 6.61 Å². The summed E-state index contributed by atoms with van der Waals surface area (Å²) in [6.07, 6.45) is 0.929. The number of aryl methyl sites for hydroxylation is 2. The van der Waals surface area contributed by atoms with Crippen LogP contribution >= 0.6 is 31.9 Å². The fraction of sp³-hybridized carbons (Fsp3) is 0.235. The van der Waals surface area contributed by atoms with Crippen molar-refractivity contribution >= 4 is 37.8 Å². The Morgan fingerprint density at radius 2 is 1.82 bits per heavy atom. The van der Waals surface area contributed by atoms with Crippen molar-refractivity contribution in [1.82, 2.24) is 0 Å². The van der Waals surface area contributed by atoms with E-state index in [0.29, 0.717) is 11.5 Å². The largest absolute Gasteiger partial charge is 0.482 e. The van der Waals surface area contributed by atoms with Crippen molar-refractivity contribution in [2.24, 2.45) is 0 Å². The van der Waals surface area contributed by atoms with Gasteiger partial charge in [0, 0.05) is 4.47 Å². The lowest BCUT2D eigenvalue weighted by Gasteiger charge is -2.10. The molecular weight excluding hydrogens is 412 g/mol. The molecule has 0 amide bonds. The number of ether oxygens (including phenoxy) is 2. The van der Waals surface area contributed by atoms with Crippen LogP contribution in [0.5, 0.6) is 11.5 Å². The average molecular weight is 428 g/mol. The Morgan fingerprint density at radius 1 is 1.09 bits per heavy atom. The van der Waals surface area contributed by atoms with Crippen LogP contribution in [0.3, 0.4) is 0 Å². The van der Waals surface area contributed by atoms with Gasteiger partial charge in [-0.25, -0.2) is 4.79 Å². The van der Waals surface area contributed by atoms with Crippen molar-refractivity contribution in [2.45, 2.75) is 20.3 Å². The van der Waals surface area contributed by atoms with E-state index in [1.165, 1.54) is 5.56 Å². The van der Waals surface area contributed by atoms with Crippen LogP contribution in [0.4, 0.5) is 0 Å². The molecule has 0 bridgehead atoms. The molecule has 0 N–H and O–H groups in total. The minimum absolute atomic E-state index is 0.134. The van der Waals surface area contributed by atoms with Gasteiger partial charge in [0.05, 0.1) is 4.47 Å². The molecule has 116 valence electrons. The van der Waals surface area contributed by atoms with Gasteiger partial charge in [-0.05, 0) is 70.7 Å². The van der Waals surface area contributed by atoms with E-state index in [1.807, 2.05) is 37.3 Å². The minimum Gasteiger partial charge on any atom is -0.482 e. The third-order valence-corrected chi connectivity index (χ3v) is 4.22. The summed E-state index contributed by atoms with van der Waals surface area (Å²) in [5.41, 5.74) is 2.13. The van der Waals surface area contributed by atoms with Crippen LogP contribution in [0.25, 0.3) is 0 Å². The quantitative estimate of drug-likeness (QED) is 0.493. The minimum atomic E-state index is -0.438. The van der Waals surface area contributed by atoms with E-state index in [0.717, 1.165) is 20.9 Å². The van der Waals surface area contributed by atoms with Crippen LogP contribution in [-0.4, -0.2) is 12.6 Å². The Kier molecular flexibility index (Phi) is 6.03. The number of rotatable bonds is 5. The van der Waals surface area contributed by atoms with Gasteiger partial charge in [0.15, 0.2) is 6.61 Å². The summed E-state index contributed by atoms with van der Waals surface area (Å²) in [5, 5.41) is 0. The highest BCUT2D eigenvalue weighted by atomic mass is 79.9. The number of esters is 1. The first-order valence-electron chi connectivity index (χ1n) is 6.87. The maximum Gasteiger partial charge on any atom is 0.349 e. The third kappa shape index (κ3) is 4.58. The van der Waals surface area contributed by atoms with Crippen LogP contribution in [0.2, 0.25) is 0 Å². The van der Waals surface area contributed by atoms with E-state index in [9.17, 15) is 4.79 Å². The SMILES string of the molecule is CCc1ccc(OC(=O)COc2ccc(Br)cc2C)c(Br)c1. The molecular formula is C17H16Br2O3. The molecule has 2 aromatic carbocycles. The van der Waals surface area contributed by atoms with Gasteiger partial charge in [-0.2, -0.15) is 0 Å². The van der Waals surface area contributed by atoms with E-state index in [-0.39, 0.29) is 6.61 Å². The van der Waals surface area contributed by atoms with Crippen molar-refractivity contribution in [3.63, 3.8) is 0 Å². The molecule has 0 unspecified atom stereocenters. The number of benzene rings is 2. The first-order chi connectivity index (χ1) is 10.5. The van der Waals surface area contributed by atoms with E-state index < -0.39 is 5.97 Å². The van der Waals surface area contributed by atoms with Gasteiger partial charge in [0.25, 0.3) is 0 Å². The number of carbonyl (C=O) groups is 1. The number of hydrogen-bond donors (Lipinski definition) is 0. The lowest BCUT2D eigenvalue weighted by molar-refractivity contribution is -0.136. The third-order valence-electron chi connectivity index (χ3n) is 3.11. The molecule has 2 rings (SSSR count).